The lowest BCUT2D eigenvalue weighted by atomic mass is 10.1. The molecule has 0 amide bonds. The van der Waals surface area contributed by atoms with E-state index in [1.807, 2.05) is 24.3 Å². The number of ketones is 1. The standard InChI is InChI=1S/C35H27FN6O4S/c1-20-13-24-16-30(40-29(24)17-28(20)41-47(44,45)25-12-11-22-7-3-4-8-23(22)15-25)34(43)26-18-39-42(35(26)37)31-19-38-33(14-21(31)2)46-32-10-6-5-9-27(32)36/h3-19,40-41H,37H2,1-2H3. The summed E-state index contributed by atoms with van der Waals surface area (Å²) >= 11 is 0. The average Bonchev–Trinajstić information content (AvgIpc) is 3.64. The number of pyridine rings is 1. The van der Waals surface area contributed by atoms with Crippen LogP contribution in [0, 0.1) is 19.7 Å². The highest BCUT2D eigenvalue weighted by atomic mass is 32.2. The smallest absolute Gasteiger partial charge is 0.261 e. The molecule has 47 heavy (non-hydrogen) atoms. The Bertz CT molecular complexity index is 2470. The summed E-state index contributed by atoms with van der Waals surface area (Å²) in [7, 11) is -3.89. The number of anilines is 2. The van der Waals surface area contributed by atoms with Gasteiger partial charge in [-0.3, -0.25) is 9.52 Å². The first-order valence-corrected chi connectivity index (χ1v) is 16.0. The highest BCUT2D eigenvalue weighted by molar-refractivity contribution is 7.92. The number of ether oxygens (including phenoxy) is 1. The maximum Gasteiger partial charge on any atom is 0.261 e. The van der Waals surface area contributed by atoms with E-state index in [9.17, 15) is 17.6 Å². The molecule has 0 bridgehead atoms. The van der Waals surface area contributed by atoms with E-state index in [2.05, 4.69) is 19.8 Å². The quantitative estimate of drug-likeness (QED) is 0.150. The number of carbonyl (C=O) groups excluding carboxylic acids is 1. The van der Waals surface area contributed by atoms with E-state index in [1.54, 1.807) is 68.4 Å². The van der Waals surface area contributed by atoms with Gasteiger partial charge in [0.2, 0.25) is 11.7 Å². The summed E-state index contributed by atoms with van der Waals surface area (Å²) in [5.74, 6) is -0.583. The molecule has 234 valence electrons. The molecule has 4 aromatic carbocycles. The van der Waals surface area contributed by atoms with Gasteiger partial charge in [-0.1, -0.05) is 42.5 Å². The SMILES string of the molecule is Cc1cc2cc(C(=O)c3cnn(-c4cnc(Oc5ccccc5F)cc4C)c3N)[nH]c2cc1NS(=O)(=O)c1ccc2ccccc2c1. The van der Waals surface area contributed by atoms with Gasteiger partial charge in [-0.25, -0.2) is 22.5 Å². The summed E-state index contributed by atoms with van der Waals surface area (Å²) < 4.78 is 50.3. The van der Waals surface area contributed by atoms with Crippen molar-refractivity contribution in [3.63, 3.8) is 0 Å². The van der Waals surface area contributed by atoms with E-state index in [-0.39, 0.29) is 33.6 Å². The average molecular weight is 647 g/mol. The second kappa shape index (κ2) is 11.4. The van der Waals surface area contributed by atoms with Crippen LogP contribution in [0.3, 0.4) is 0 Å². The molecule has 0 aliphatic heterocycles. The van der Waals surface area contributed by atoms with Gasteiger partial charge in [0, 0.05) is 17.0 Å². The number of aryl methyl sites for hydroxylation is 2. The molecule has 0 saturated heterocycles. The van der Waals surface area contributed by atoms with Crippen LogP contribution < -0.4 is 15.2 Å². The molecule has 0 spiro atoms. The van der Waals surface area contributed by atoms with Crippen molar-refractivity contribution in [3.05, 3.63) is 132 Å². The van der Waals surface area contributed by atoms with E-state index in [4.69, 9.17) is 10.5 Å². The predicted octanol–water partition coefficient (Wildman–Crippen LogP) is 7.06. The Kier molecular flexibility index (Phi) is 7.21. The topological polar surface area (TPSA) is 145 Å². The van der Waals surface area contributed by atoms with Crippen molar-refractivity contribution in [1.29, 1.82) is 0 Å². The number of hydrogen-bond acceptors (Lipinski definition) is 7. The highest BCUT2D eigenvalue weighted by Gasteiger charge is 2.22. The summed E-state index contributed by atoms with van der Waals surface area (Å²) in [6.07, 6.45) is 2.86. The number of nitrogens with one attached hydrogen (secondary N) is 2. The molecular formula is C35H27FN6O4S. The van der Waals surface area contributed by atoms with Crippen LogP contribution in [0.2, 0.25) is 0 Å². The third-order valence-electron chi connectivity index (χ3n) is 7.87. The minimum atomic E-state index is -3.89. The zero-order valence-corrected chi connectivity index (χ0v) is 26.0. The van der Waals surface area contributed by atoms with Crippen LogP contribution in [0.15, 0.2) is 108 Å². The first kappa shape index (κ1) is 29.7. The maximum absolute atomic E-state index is 14.0. The summed E-state index contributed by atoms with van der Waals surface area (Å²) in [5.41, 5.74) is 9.63. The molecular weight excluding hydrogens is 619 g/mol. The van der Waals surface area contributed by atoms with E-state index >= 15 is 0 Å². The summed E-state index contributed by atoms with van der Waals surface area (Å²) in [4.78, 5) is 21.1. The van der Waals surface area contributed by atoms with Gasteiger partial charge in [-0.15, -0.1) is 0 Å². The molecule has 0 unspecified atom stereocenters. The zero-order valence-electron chi connectivity index (χ0n) is 25.2. The van der Waals surface area contributed by atoms with Crippen molar-refractivity contribution < 1.29 is 22.3 Å². The Morgan fingerprint density at radius 2 is 1.66 bits per heavy atom. The number of nitrogens with zero attached hydrogens (tertiary/aromatic N) is 3. The molecule has 3 aromatic heterocycles. The number of aromatic amines is 1. The fourth-order valence-electron chi connectivity index (χ4n) is 5.38. The summed E-state index contributed by atoms with van der Waals surface area (Å²) in [5, 5.41) is 6.80. The number of nitrogens with two attached hydrogens (primary N) is 1. The summed E-state index contributed by atoms with van der Waals surface area (Å²) in [6.45, 7) is 3.58. The second-order valence-electron chi connectivity index (χ2n) is 11.1. The second-order valence-corrected chi connectivity index (χ2v) is 12.8. The van der Waals surface area contributed by atoms with E-state index < -0.39 is 21.6 Å². The lowest BCUT2D eigenvalue weighted by Crippen LogP contribution is -2.13. The fraction of sp³-hybridized carbons (Fsp3) is 0.0571. The molecule has 0 fully saturated rings. The van der Waals surface area contributed by atoms with Crippen LogP contribution in [0.4, 0.5) is 15.9 Å². The van der Waals surface area contributed by atoms with Crippen molar-refractivity contribution in [3.8, 4) is 17.3 Å². The zero-order chi connectivity index (χ0) is 32.9. The normalized spacial score (nSPS) is 11.6. The van der Waals surface area contributed by atoms with Crippen LogP contribution in [0.5, 0.6) is 11.6 Å². The highest BCUT2D eigenvalue weighted by Crippen LogP contribution is 2.30. The number of sulfonamides is 1. The van der Waals surface area contributed by atoms with Gasteiger partial charge >= 0.3 is 0 Å². The monoisotopic (exact) mass is 646 g/mol. The third-order valence-corrected chi connectivity index (χ3v) is 9.24. The third kappa shape index (κ3) is 5.55. The van der Waals surface area contributed by atoms with E-state index in [0.717, 1.165) is 16.2 Å². The summed E-state index contributed by atoms with van der Waals surface area (Å²) in [6, 6.07) is 25.3. The number of rotatable bonds is 8. The molecule has 0 saturated carbocycles. The van der Waals surface area contributed by atoms with Crippen molar-refractivity contribution in [1.82, 2.24) is 19.7 Å². The van der Waals surface area contributed by atoms with E-state index in [0.29, 0.717) is 28.0 Å². The van der Waals surface area contributed by atoms with Gasteiger partial charge in [0.15, 0.2) is 11.6 Å². The first-order valence-electron chi connectivity index (χ1n) is 14.5. The van der Waals surface area contributed by atoms with Gasteiger partial charge in [0.25, 0.3) is 10.0 Å². The van der Waals surface area contributed by atoms with Gasteiger partial charge in [-0.2, -0.15) is 5.10 Å². The first-order chi connectivity index (χ1) is 22.6. The molecule has 10 nitrogen and oxygen atoms in total. The molecule has 4 N–H and O–H groups in total. The molecule has 12 heteroatoms. The Labute approximate surface area is 268 Å². The van der Waals surface area contributed by atoms with Crippen molar-refractivity contribution >= 4 is 49.0 Å². The molecule has 0 aliphatic carbocycles. The lowest BCUT2D eigenvalue weighted by Gasteiger charge is -2.11. The number of halogens is 1. The number of hydrogen-bond donors (Lipinski definition) is 3. The number of nitrogen functional groups attached to an aromatic ring is 1. The molecule has 0 aliphatic rings. The van der Waals surface area contributed by atoms with Crippen molar-refractivity contribution in [2.45, 2.75) is 18.7 Å². The van der Waals surface area contributed by atoms with Crippen LogP contribution in [-0.4, -0.2) is 33.9 Å². The number of para-hydroxylation sites is 1. The Morgan fingerprint density at radius 3 is 2.45 bits per heavy atom. The molecule has 7 aromatic rings. The van der Waals surface area contributed by atoms with Gasteiger partial charge < -0.3 is 15.5 Å². The molecule has 0 atom stereocenters. The largest absolute Gasteiger partial charge is 0.436 e. The van der Waals surface area contributed by atoms with Gasteiger partial charge in [-0.05, 0) is 78.2 Å². The van der Waals surface area contributed by atoms with Gasteiger partial charge in [0.05, 0.1) is 39.9 Å². The maximum atomic E-state index is 14.0. The predicted molar refractivity (Wildman–Crippen MR) is 178 cm³/mol. The van der Waals surface area contributed by atoms with Crippen LogP contribution >= 0.6 is 0 Å². The fourth-order valence-corrected chi connectivity index (χ4v) is 6.53. The number of carbonyl (C=O) groups is 1. The van der Waals surface area contributed by atoms with Crippen molar-refractivity contribution in [2.75, 3.05) is 10.5 Å². The Morgan fingerprint density at radius 1 is 0.894 bits per heavy atom. The van der Waals surface area contributed by atoms with Crippen LogP contribution in [-0.2, 0) is 10.0 Å². The number of aromatic nitrogens is 4. The van der Waals surface area contributed by atoms with Crippen LogP contribution in [0.1, 0.15) is 27.2 Å². The lowest BCUT2D eigenvalue weighted by molar-refractivity contribution is 0.103. The van der Waals surface area contributed by atoms with Crippen LogP contribution in [0.25, 0.3) is 27.4 Å². The Balaban J connectivity index is 1.14. The number of H-pyrrole nitrogens is 1. The van der Waals surface area contributed by atoms with Gasteiger partial charge in [0.1, 0.15) is 5.82 Å². The minimum absolute atomic E-state index is 0.0432. The van der Waals surface area contributed by atoms with E-state index in [1.165, 1.54) is 29.2 Å². The minimum Gasteiger partial charge on any atom is -0.436 e. The Hall–Kier alpha value is -6.01. The number of benzene rings is 4. The molecule has 7 rings (SSSR count). The van der Waals surface area contributed by atoms with Crippen molar-refractivity contribution in [2.24, 2.45) is 0 Å². The molecule has 0 radical (unpaired) electrons. The number of fused-ring (bicyclic) bond motifs is 2. The molecule has 3 heterocycles.